The lowest BCUT2D eigenvalue weighted by Gasteiger charge is -2.21. The molecule has 1 saturated carbocycles. The quantitative estimate of drug-likeness (QED) is 0.930. The van der Waals surface area contributed by atoms with Gasteiger partial charge in [0, 0.05) is 12.6 Å². The number of nitrogens with zero attached hydrogens (tertiary/aromatic N) is 2. The van der Waals surface area contributed by atoms with E-state index in [1.807, 2.05) is 12.3 Å². The van der Waals surface area contributed by atoms with Crippen molar-refractivity contribution in [1.82, 2.24) is 9.78 Å². The van der Waals surface area contributed by atoms with E-state index in [2.05, 4.69) is 9.78 Å². The first-order valence-corrected chi connectivity index (χ1v) is 7.57. The Balaban J connectivity index is 1.64. The summed E-state index contributed by atoms with van der Waals surface area (Å²) in [6, 6.07) is 5.83. The van der Waals surface area contributed by atoms with Gasteiger partial charge in [0.1, 0.15) is 11.9 Å². The van der Waals surface area contributed by atoms with Gasteiger partial charge in [-0.1, -0.05) is 19.3 Å². The van der Waals surface area contributed by atoms with Crippen molar-refractivity contribution in [3.8, 4) is 0 Å². The maximum atomic E-state index is 10.1. The normalized spacial score (nSPS) is 18.3. The van der Waals surface area contributed by atoms with Gasteiger partial charge < -0.3 is 9.52 Å². The molecule has 2 aromatic rings. The molecule has 20 heavy (non-hydrogen) atoms. The van der Waals surface area contributed by atoms with Crippen LogP contribution in [0.5, 0.6) is 0 Å². The van der Waals surface area contributed by atoms with Gasteiger partial charge in [0.25, 0.3) is 0 Å². The zero-order chi connectivity index (χ0) is 13.9. The Hall–Kier alpha value is -1.26. The Bertz CT molecular complexity index is 558. The Morgan fingerprint density at radius 2 is 2.10 bits per heavy atom. The predicted molar refractivity (Wildman–Crippen MR) is 76.7 cm³/mol. The lowest BCUT2D eigenvalue weighted by atomic mass is 9.96. The molecular formula is C15H19ClN2O2. The first-order chi connectivity index (χ1) is 9.72. The molecule has 1 aliphatic rings. The second-order valence-electron chi connectivity index (χ2n) is 5.44. The highest BCUT2D eigenvalue weighted by atomic mass is 35.5. The summed E-state index contributed by atoms with van der Waals surface area (Å²) in [6.45, 7) is 0. The van der Waals surface area contributed by atoms with Crippen molar-refractivity contribution < 1.29 is 9.52 Å². The number of hydrogen-bond donors (Lipinski definition) is 1. The minimum absolute atomic E-state index is 0.298. The Morgan fingerprint density at radius 3 is 2.80 bits per heavy atom. The van der Waals surface area contributed by atoms with E-state index in [1.54, 1.807) is 12.1 Å². The number of halogens is 1. The van der Waals surface area contributed by atoms with Gasteiger partial charge >= 0.3 is 0 Å². The highest BCUT2D eigenvalue weighted by Crippen LogP contribution is 2.28. The second kappa shape index (κ2) is 6.02. The van der Waals surface area contributed by atoms with Crippen LogP contribution in [0.2, 0.25) is 5.22 Å². The number of furan rings is 1. The van der Waals surface area contributed by atoms with Crippen molar-refractivity contribution in [2.24, 2.45) is 0 Å². The summed E-state index contributed by atoms with van der Waals surface area (Å²) >= 11 is 5.72. The summed E-state index contributed by atoms with van der Waals surface area (Å²) < 4.78 is 7.27. The first-order valence-electron chi connectivity index (χ1n) is 7.20. The van der Waals surface area contributed by atoms with Crippen molar-refractivity contribution in [3.05, 3.63) is 41.1 Å². The summed E-state index contributed by atoms with van der Waals surface area (Å²) in [6.07, 6.45) is 8.09. The minimum Gasteiger partial charge on any atom is -0.447 e. The predicted octanol–water partition coefficient (Wildman–Crippen LogP) is 3.91. The molecule has 0 saturated heterocycles. The number of aliphatic hydroxyl groups is 1. The molecule has 1 aliphatic carbocycles. The van der Waals surface area contributed by atoms with Gasteiger partial charge in [-0.3, -0.25) is 4.68 Å². The van der Waals surface area contributed by atoms with Gasteiger partial charge in [0.05, 0.1) is 11.7 Å². The van der Waals surface area contributed by atoms with Crippen molar-refractivity contribution in [2.45, 2.75) is 50.7 Å². The van der Waals surface area contributed by atoms with E-state index in [9.17, 15) is 5.11 Å². The number of hydrogen-bond acceptors (Lipinski definition) is 3. The maximum Gasteiger partial charge on any atom is 0.193 e. The van der Waals surface area contributed by atoms with E-state index in [-0.39, 0.29) is 0 Å². The highest BCUT2D eigenvalue weighted by Gasteiger charge is 2.18. The van der Waals surface area contributed by atoms with Gasteiger partial charge in [0.2, 0.25) is 0 Å². The maximum absolute atomic E-state index is 10.1. The van der Waals surface area contributed by atoms with Crippen LogP contribution >= 0.6 is 11.6 Å². The molecule has 0 spiro atoms. The van der Waals surface area contributed by atoms with Gasteiger partial charge in [-0.2, -0.15) is 5.10 Å². The Morgan fingerprint density at radius 1 is 1.30 bits per heavy atom. The monoisotopic (exact) mass is 294 g/mol. The SMILES string of the molecule is OC(Cc1ccn(C2CCCCC2)n1)c1ccc(Cl)o1. The van der Waals surface area contributed by atoms with Crippen molar-refractivity contribution >= 4 is 11.6 Å². The van der Waals surface area contributed by atoms with Crippen LogP contribution in [0.25, 0.3) is 0 Å². The fourth-order valence-corrected chi connectivity index (χ4v) is 2.99. The summed E-state index contributed by atoms with van der Waals surface area (Å²) in [7, 11) is 0. The largest absolute Gasteiger partial charge is 0.447 e. The number of rotatable bonds is 4. The van der Waals surface area contributed by atoms with Crippen molar-refractivity contribution in [1.29, 1.82) is 0 Å². The van der Waals surface area contributed by atoms with E-state index in [0.717, 1.165) is 5.69 Å². The molecule has 0 aromatic carbocycles. The molecule has 1 unspecified atom stereocenters. The molecule has 0 radical (unpaired) electrons. The summed E-state index contributed by atoms with van der Waals surface area (Å²) in [5.41, 5.74) is 0.885. The molecule has 0 bridgehead atoms. The molecule has 108 valence electrons. The third-order valence-electron chi connectivity index (χ3n) is 3.94. The molecule has 4 nitrogen and oxygen atoms in total. The molecule has 0 amide bonds. The van der Waals surface area contributed by atoms with Crippen molar-refractivity contribution in [2.75, 3.05) is 0 Å². The third kappa shape index (κ3) is 3.07. The van der Waals surface area contributed by atoms with Crippen LogP contribution in [0, 0.1) is 0 Å². The van der Waals surface area contributed by atoms with E-state index in [0.29, 0.717) is 23.4 Å². The fourth-order valence-electron chi connectivity index (χ4n) is 2.84. The molecular weight excluding hydrogens is 276 g/mol. The summed E-state index contributed by atoms with van der Waals surface area (Å²) in [4.78, 5) is 0. The topological polar surface area (TPSA) is 51.2 Å². The molecule has 1 fully saturated rings. The summed E-state index contributed by atoms with van der Waals surface area (Å²) in [5, 5.41) is 15.0. The van der Waals surface area contributed by atoms with Crippen LogP contribution in [-0.2, 0) is 6.42 Å². The van der Waals surface area contributed by atoms with Gasteiger partial charge in [0.15, 0.2) is 5.22 Å². The second-order valence-corrected chi connectivity index (χ2v) is 5.81. The van der Waals surface area contributed by atoms with Crippen LogP contribution in [0.15, 0.2) is 28.8 Å². The average molecular weight is 295 g/mol. The third-order valence-corrected chi connectivity index (χ3v) is 4.14. The van der Waals surface area contributed by atoms with Crippen LogP contribution in [0.1, 0.15) is 55.7 Å². The van der Waals surface area contributed by atoms with Gasteiger partial charge in [-0.05, 0) is 42.6 Å². The van der Waals surface area contributed by atoms with E-state index < -0.39 is 6.10 Å². The van der Waals surface area contributed by atoms with Gasteiger partial charge in [-0.25, -0.2) is 0 Å². The lowest BCUT2D eigenvalue weighted by molar-refractivity contribution is 0.149. The van der Waals surface area contributed by atoms with Gasteiger partial charge in [-0.15, -0.1) is 0 Å². The van der Waals surface area contributed by atoms with Crippen LogP contribution in [0.3, 0.4) is 0 Å². The zero-order valence-corrected chi connectivity index (χ0v) is 12.1. The average Bonchev–Trinajstić information content (AvgIpc) is 3.09. The van der Waals surface area contributed by atoms with E-state index >= 15 is 0 Å². The molecule has 2 aromatic heterocycles. The van der Waals surface area contributed by atoms with Crippen LogP contribution in [0.4, 0.5) is 0 Å². The standard InChI is InChI=1S/C15H19ClN2O2/c16-15-7-6-14(20-15)13(19)10-11-8-9-18(17-11)12-4-2-1-3-5-12/h6-9,12-13,19H,1-5,10H2. The Kier molecular flexibility index (Phi) is 4.13. The van der Waals surface area contributed by atoms with E-state index in [4.69, 9.17) is 16.0 Å². The van der Waals surface area contributed by atoms with Crippen LogP contribution < -0.4 is 0 Å². The Labute approximate surface area is 123 Å². The smallest absolute Gasteiger partial charge is 0.193 e. The molecule has 0 aliphatic heterocycles. The molecule has 2 heterocycles. The van der Waals surface area contributed by atoms with Crippen molar-refractivity contribution in [3.63, 3.8) is 0 Å². The van der Waals surface area contributed by atoms with Crippen LogP contribution in [-0.4, -0.2) is 14.9 Å². The lowest BCUT2D eigenvalue weighted by Crippen LogP contribution is -2.13. The number of aliphatic hydroxyl groups excluding tert-OH is 1. The zero-order valence-electron chi connectivity index (χ0n) is 11.3. The highest BCUT2D eigenvalue weighted by molar-refractivity contribution is 6.28. The fraction of sp³-hybridized carbons (Fsp3) is 0.533. The minimum atomic E-state index is -0.697. The first kappa shape index (κ1) is 13.7. The van der Waals surface area contributed by atoms with E-state index in [1.165, 1.54) is 32.1 Å². The number of aromatic nitrogens is 2. The summed E-state index contributed by atoms with van der Waals surface area (Å²) in [5.74, 6) is 0.488. The molecule has 5 heteroatoms. The molecule has 3 rings (SSSR count). The molecule has 1 N–H and O–H groups in total. The molecule has 1 atom stereocenters.